The molecule has 0 aliphatic carbocycles. The van der Waals surface area contributed by atoms with Crippen LogP contribution in [0.15, 0.2) is 45.5 Å². The molecule has 1 amide bonds. The van der Waals surface area contributed by atoms with Gasteiger partial charge in [0.2, 0.25) is 5.95 Å². The number of rotatable bonds is 3. The van der Waals surface area contributed by atoms with Crippen molar-refractivity contribution in [1.82, 2.24) is 24.7 Å². The maximum Gasteiger partial charge on any atom is 0.259 e. The molecule has 0 radical (unpaired) electrons. The molecule has 1 N–H and O–H groups in total. The van der Waals surface area contributed by atoms with E-state index in [1.54, 1.807) is 29.7 Å². The summed E-state index contributed by atoms with van der Waals surface area (Å²) in [6.45, 7) is 5.48. The predicted octanol–water partition coefficient (Wildman–Crippen LogP) is 3.70. The number of hydrogen-bond acceptors (Lipinski definition) is 7. The molecule has 9 nitrogen and oxygen atoms in total. The fourth-order valence-corrected chi connectivity index (χ4v) is 3.39. The van der Waals surface area contributed by atoms with Gasteiger partial charge in [-0.2, -0.15) is 0 Å². The minimum Gasteiger partial charge on any atom is -0.466 e. The minimum atomic E-state index is -0.360. The molecule has 0 saturated carbocycles. The first kappa shape index (κ1) is 17.1. The van der Waals surface area contributed by atoms with Crippen LogP contribution in [0.5, 0.6) is 0 Å². The van der Waals surface area contributed by atoms with Crippen LogP contribution in [-0.4, -0.2) is 30.6 Å². The maximum atomic E-state index is 13.2. The Bertz CT molecular complexity index is 1390. The number of nitrogens with one attached hydrogen (secondary N) is 1. The highest BCUT2D eigenvalue weighted by Gasteiger charge is 2.22. The van der Waals surface area contributed by atoms with Crippen LogP contribution in [0.2, 0.25) is 0 Å². The molecule has 0 bridgehead atoms. The summed E-state index contributed by atoms with van der Waals surface area (Å²) in [5.41, 5.74) is 3.24. The Hall–Kier alpha value is -4.01. The van der Waals surface area contributed by atoms with E-state index in [1.165, 1.54) is 0 Å². The third kappa shape index (κ3) is 2.75. The van der Waals surface area contributed by atoms with Crippen LogP contribution in [-0.2, 0) is 0 Å². The Morgan fingerprint density at radius 1 is 1.14 bits per heavy atom. The van der Waals surface area contributed by atoms with E-state index in [2.05, 4.69) is 25.7 Å². The van der Waals surface area contributed by atoms with Crippen molar-refractivity contribution in [3.63, 3.8) is 0 Å². The summed E-state index contributed by atoms with van der Waals surface area (Å²) in [7, 11) is 0. The molecule has 0 spiro atoms. The van der Waals surface area contributed by atoms with Crippen molar-refractivity contribution in [1.29, 1.82) is 0 Å². The van der Waals surface area contributed by atoms with E-state index >= 15 is 0 Å². The zero-order valence-electron chi connectivity index (χ0n) is 15.9. The van der Waals surface area contributed by atoms with Gasteiger partial charge in [0, 0.05) is 11.8 Å². The number of amides is 1. The number of anilines is 1. The lowest BCUT2D eigenvalue weighted by atomic mass is 10.1. The van der Waals surface area contributed by atoms with Crippen LogP contribution < -0.4 is 5.32 Å². The van der Waals surface area contributed by atoms with Gasteiger partial charge in [0.15, 0.2) is 5.65 Å². The second-order valence-electron chi connectivity index (χ2n) is 6.74. The molecule has 0 saturated heterocycles. The van der Waals surface area contributed by atoms with Gasteiger partial charge >= 0.3 is 0 Å². The van der Waals surface area contributed by atoms with Gasteiger partial charge in [0.05, 0.1) is 22.3 Å². The third-order valence-electron chi connectivity index (χ3n) is 4.72. The van der Waals surface area contributed by atoms with Crippen LogP contribution >= 0.6 is 0 Å². The SMILES string of the molecule is Cc1cc(-c2cc(C(=O)Nc3nnc4ccccn34)c3c(C)noc3n2)c(C)o1. The molecule has 5 rings (SSSR count). The number of hydrogen-bond donors (Lipinski definition) is 1. The zero-order valence-corrected chi connectivity index (χ0v) is 15.9. The lowest BCUT2D eigenvalue weighted by Crippen LogP contribution is -2.15. The number of furan rings is 1. The number of carbonyl (C=O) groups excluding carboxylic acids is 1. The lowest BCUT2D eigenvalue weighted by molar-refractivity contribution is 0.102. The van der Waals surface area contributed by atoms with Crippen molar-refractivity contribution in [2.24, 2.45) is 0 Å². The molecule has 0 aliphatic heterocycles. The van der Waals surface area contributed by atoms with E-state index in [9.17, 15) is 4.79 Å². The van der Waals surface area contributed by atoms with E-state index in [4.69, 9.17) is 8.94 Å². The molecule has 9 heteroatoms. The molecule has 0 unspecified atom stereocenters. The Morgan fingerprint density at radius 3 is 2.79 bits per heavy atom. The molecule has 5 heterocycles. The number of nitrogens with zero attached hydrogens (tertiary/aromatic N) is 5. The molecular formula is C20H16N6O3. The number of aromatic nitrogens is 5. The van der Waals surface area contributed by atoms with Crippen molar-refractivity contribution >= 4 is 28.6 Å². The van der Waals surface area contributed by atoms with Crippen molar-refractivity contribution in [3.05, 3.63) is 59.3 Å². The van der Waals surface area contributed by atoms with Gasteiger partial charge < -0.3 is 8.94 Å². The van der Waals surface area contributed by atoms with Gasteiger partial charge in [0.25, 0.3) is 11.6 Å². The quantitative estimate of drug-likeness (QED) is 0.501. The van der Waals surface area contributed by atoms with Crippen molar-refractivity contribution < 1.29 is 13.7 Å². The Labute approximate surface area is 164 Å². The Kier molecular flexibility index (Phi) is 3.70. The standard InChI is InChI=1S/C20H16N6O3/c1-10-8-13(12(3)28-10)15-9-14(17-11(2)25-29-19(17)21-15)18(27)22-20-24-23-16-6-4-5-7-26(16)20/h4-9H,1-3H3,(H,22,24,27). The number of fused-ring (bicyclic) bond motifs is 2. The van der Waals surface area contributed by atoms with Crippen LogP contribution in [0, 0.1) is 20.8 Å². The second kappa shape index (κ2) is 6.26. The van der Waals surface area contributed by atoms with Crippen molar-refractivity contribution in [2.45, 2.75) is 20.8 Å². The van der Waals surface area contributed by atoms with Gasteiger partial charge in [-0.15, -0.1) is 10.2 Å². The van der Waals surface area contributed by atoms with Gasteiger partial charge in [-0.1, -0.05) is 11.2 Å². The molecule has 0 atom stereocenters. The highest BCUT2D eigenvalue weighted by molar-refractivity contribution is 6.12. The fraction of sp³-hybridized carbons (Fsp3) is 0.150. The molecule has 0 fully saturated rings. The van der Waals surface area contributed by atoms with E-state index in [0.717, 1.165) is 11.3 Å². The third-order valence-corrected chi connectivity index (χ3v) is 4.72. The largest absolute Gasteiger partial charge is 0.466 e. The van der Waals surface area contributed by atoms with Crippen LogP contribution in [0.3, 0.4) is 0 Å². The smallest absolute Gasteiger partial charge is 0.259 e. The number of pyridine rings is 2. The summed E-state index contributed by atoms with van der Waals surface area (Å²) in [4.78, 5) is 17.7. The van der Waals surface area contributed by atoms with Gasteiger partial charge in [0.1, 0.15) is 11.5 Å². The lowest BCUT2D eigenvalue weighted by Gasteiger charge is -2.07. The first-order chi connectivity index (χ1) is 14.0. The summed E-state index contributed by atoms with van der Waals surface area (Å²) in [5.74, 6) is 1.43. The molecule has 5 aromatic heterocycles. The predicted molar refractivity (Wildman–Crippen MR) is 105 cm³/mol. The van der Waals surface area contributed by atoms with Crippen molar-refractivity contribution in [2.75, 3.05) is 5.32 Å². The normalized spacial score (nSPS) is 11.4. The topological polar surface area (TPSA) is 111 Å². The van der Waals surface area contributed by atoms with Crippen LogP contribution in [0.4, 0.5) is 5.95 Å². The first-order valence-electron chi connectivity index (χ1n) is 8.97. The highest BCUT2D eigenvalue weighted by atomic mass is 16.5. The molecule has 5 aromatic rings. The average molecular weight is 388 g/mol. The number of carbonyl (C=O) groups is 1. The second-order valence-corrected chi connectivity index (χ2v) is 6.74. The molecule has 144 valence electrons. The van der Waals surface area contributed by atoms with E-state index < -0.39 is 0 Å². The Balaban J connectivity index is 1.64. The summed E-state index contributed by atoms with van der Waals surface area (Å²) in [6, 6.07) is 9.08. The number of aryl methyl sites for hydroxylation is 3. The Morgan fingerprint density at radius 2 is 2.00 bits per heavy atom. The van der Waals surface area contributed by atoms with Crippen molar-refractivity contribution in [3.8, 4) is 11.3 Å². The summed E-state index contributed by atoms with van der Waals surface area (Å²) >= 11 is 0. The first-order valence-corrected chi connectivity index (χ1v) is 8.97. The molecule has 0 aliphatic rings. The molecule has 29 heavy (non-hydrogen) atoms. The van der Waals surface area contributed by atoms with Gasteiger partial charge in [-0.25, -0.2) is 4.98 Å². The highest BCUT2D eigenvalue weighted by Crippen LogP contribution is 2.30. The average Bonchev–Trinajstić information content (AvgIpc) is 3.39. The van der Waals surface area contributed by atoms with Crippen LogP contribution in [0.25, 0.3) is 28.0 Å². The summed E-state index contributed by atoms with van der Waals surface area (Å²) < 4.78 is 12.7. The van der Waals surface area contributed by atoms with E-state index in [0.29, 0.717) is 39.7 Å². The van der Waals surface area contributed by atoms with Gasteiger partial charge in [-0.3, -0.25) is 14.5 Å². The van der Waals surface area contributed by atoms with E-state index in [-0.39, 0.29) is 11.6 Å². The fourth-order valence-electron chi connectivity index (χ4n) is 3.39. The summed E-state index contributed by atoms with van der Waals surface area (Å²) in [5, 5.41) is 15.5. The molecule has 0 aromatic carbocycles. The molecular weight excluding hydrogens is 372 g/mol. The maximum absolute atomic E-state index is 13.2. The van der Waals surface area contributed by atoms with Gasteiger partial charge in [-0.05, 0) is 45.0 Å². The summed E-state index contributed by atoms with van der Waals surface area (Å²) in [6.07, 6.45) is 1.78. The minimum absolute atomic E-state index is 0.287. The monoisotopic (exact) mass is 388 g/mol. The van der Waals surface area contributed by atoms with Crippen LogP contribution in [0.1, 0.15) is 27.6 Å². The zero-order chi connectivity index (χ0) is 20.1. The van der Waals surface area contributed by atoms with E-state index in [1.807, 2.05) is 32.0 Å².